The molecule has 0 aliphatic carbocycles. The monoisotopic (exact) mass is 262 g/mol. The molecule has 0 aliphatic rings. The fourth-order valence-electron chi connectivity index (χ4n) is 1.33. The highest BCUT2D eigenvalue weighted by Crippen LogP contribution is 2.00. The van der Waals surface area contributed by atoms with Crippen LogP contribution in [0.5, 0.6) is 0 Å². The first-order valence-electron chi connectivity index (χ1n) is 5.72. The quantitative estimate of drug-likeness (QED) is 0.587. The average Bonchev–Trinajstić information content (AvgIpc) is 2.25. The number of hydrogen-bond donors (Lipinski definition) is 2. The van der Waals surface area contributed by atoms with Crippen molar-refractivity contribution in [1.29, 1.82) is 0 Å². The van der Waals surface area contributed by atoms with Gasteiger partial charge in [0.1, 0.15) is 0 Å². The molecule has 94 valence electrons. The number of nitrogens with zero attached hydrogens (tertiary/aromatic N) is 2. The van der Waals surface area contributed by atoms with Crippen LogP contribution in [0.4, 0.5) is 0 Å². The first-order chi connectivity index (χ1) is 7.62. The Labute approximate surface area is 109 Å². The molecule has 0 atom stereocenters. The summed E-state index contributed by atoms with van der Waals surface area (Å²) < 4.78 is 0. The lowest BCUT2D eigenvalue weighted by Crippen LogP contribution is -2.55. The molecular weight excluding hydrogens is 240 g/mol. The van der Waals surface area contributed by atoms with Gasteiger partial charge in [0.15, 0.2) is 10.2 Å². The molecule has 2 N–H and O–H groups in total. The predicted molar refractivity (Wildman–Crippen MR) is 77.3 cm³/mol. The minimum absolute atomic E-state index is 0.715. The Morgan fingerprint density at radius 1 is 0.812 bits per heavy atom. The second-order valence-electron chi connectivity index (χ2n) is 3.10. The summed E-state index contributed by atoms with van der Waals surface area (Å²) >= 11 is 10.6. The van der Waals surface area contributed by atoms with E-state index in [2.05, 4.69) is 24.5 Å². The van der Waals surface area contributed by atoms with Gasteiger partial charge in [0.05, 0.1) is 0 Å². The summed E-state index contributed by atoms with van der Waals surface area (Å²) in [4.78, 5) is 0. The van der Waals surface area contributed by atoms with Gasteiger partial charge in [-0.2, -0.15) is 0 Å². The van der Waals surface area contributed by atoms with Gasteiger partial charge in [-0.1, -0.05) is 0 Å². The highest BCUT2D eigenvalue weighted by Gasteiger charge is 2.17. The third-order valence-electron chi connectivity index (χ3n) is 2.02. The molecule has 0 aromatic heterocycles. The van der Waals surface area contributed by atoms with Gasteiger partial charge < -0.3 is 10.6 Å². The molecule has 0 amide bonds. The Kier molecular flexibility index (Phi) is 8.19. The van der Waals surface area contributed by atoms with Crippen LogP contribution in [0.2, 0.25) is 0 Å². The van der Waals surface area contributed by atoms with Gasteiger partial charge in [-0.15, -0.1) is 0 Å². The Bertz CT molecular complexity index is 209. The zero-order chi connectivity index (χ0) is 12.6. The molecule has 0 fully saturated rings. The molecule has 6 heteroatoms. The summed E-state index contributed by atoms with van der Waals surface area (Å²) in [6.07, 6.45) is 0. The summed E-state index contributed by atoms with van der Waals surface area (Å²) in [5.74, 6) is 0. The molecule has 0 aromatic carbocycles. The molecule has 16 heavy (non-hydrogen) atoms. The van der Waals surface area contributed by atoms with Crippen molar-refractivity contribution < 1.29 is 0 Å². The van der Waals surface area contributed by atoms with E-state index in [9.17, 15) is 0 Å². The molecule has 0 spiro atoms. The van der Waals surface area contributed by atoms with Crippen LogP contribution in [-0.2, 0) is 0 Å². The van der Waals surface area contributed by atoms with E-state index in [1.54, 1.807) is 0 Å². The number of thiocarbonyl (C=S) groups is 2. The molecule has 0 heterocycles. The van der Waals surface area contributed by atoms with E-state index < -0.39 is 0 Å². The van der Waals surface area contributed by atoms with Crippen LogP contribution >= 0.6 is 24.4 Å². The first-order valence-corrected chi connectivity index (χ1v) is 6.54. The van der Waals surface area contributed by atoms with Gasteiger partial charge in [-0.25, -0.2) is 0 Å². The van der Waals surface area contributed by atoms with Crippen molar-refractivity contribution in [3.8, 4) is 0 Å². The van der Waals surface area contributed by atoms with E-state index in [-0.39, 0.29) is 0 Å². The lowest BCUT2D eigenvalue weighted by Gasteiger charge is -2.36. The fourth-order valence-corrected chi connectivity index (χ4v) is 2.08. The number of hydrazine groups is 1. The van der Waals surface area contributed by atoms with Crippen LogP contribution < -0.4 is 10.6 Å². The summed E-state index contributed by atoms with van der Waals surface area (Å²) in [6, 6.07) is 0. The largest absolute Gasteiger partial charge is 0.361 e. The molecule has 0 bridgehead atoms. The molecule has 0 rings (SSSR count). The number of nitrogens with one attached hydrogen (secondary N) is 2. The lowest BCUT2D eigenvalue weighted by molar-refractivity contribution is 0.143. The molecular formula is C10H22N4S2. The maximum Gasteiger partial charge on any atom is 0.188 e. The summed E-state index contributed by atoms with van der Waals surface area (Å²) in [5.41, 5.74) is 0. The third kappa shape index (κ3) is 4.49. The van der Waals surface area contributed by atoms with Crippen LogP contribution in [0.1, 0.15) is 27.7 Å². The molecule has 0 unspecified atom stereocenters. The van der Waals surface area contributed by atoms with Gasteiger partial charge in [0.2, 0.25) is 0 Å². The summed E-state index contributed by atoms with van der Waals surface area (Å²) in [7, 11) is 0. The molecule has 0 saturated heterocycles. The van der Waals surface area contributed by atoms with Gasteiger partial charge in [0.25, 0.3) is 0 Å². The Hall–Kier alpha value is -0.620. The minimum atomic E-state index is 0.715. The molecule has 4 nitrogen and oxygen atoms in total. The van der Waals surface area contributed by atoms with E-state index in [1.807, 2.05) is 23.9 Å². The van der Waals surface area contributed by atoms with E-state index in [0.717, 1.165) is 26.2 Å². The Morgan fingerprint density at radius 2 is 1.12 bits per heavy atom. The minimum Gasteiger partial charge on any atom is -0.361 e. The summed E-state index contributed by atoms with van der Waals surface area (Å²) in [6.45, 7) is 11.4. The zero-order valence-corrected chi connectivity index (χ0v) is 12.2. The third-order valence-corrected chi connectivity index (χ3v) is 2.73. The highest BCUT2D eigenvalue weighted by atomic mass is 32.1. The van der Waals surface area contributed by atoms with Crippen molar-refractivity contribution >= 4 is 34.7 Å². The van der Waals surface area contributed by atoms with Crippen molar-refractivity contribution in [2.75, 3.05) is 26.2 Å². The lowest BCUT2D eigenvalue weighted by atomic mass is 10.6. The zero-order valence-electron chi connectivity index (χ0n) is 10.5. The smallest absolute Gasteiger partial charge is 0.188 e. The molecule has 0 radical (unpaired) electrons. The van der Waals surface area contributed by atoms with Crippen LogP contribution in [0, 0.1) is 0 Å². The van der Waals surface area contributed by atoms with E-state index >= 15 is 0 Å². The van der Waals surface area contributed by atoms with E-state index in [4.69, 9.17) is 24.4 Å². The van der Waals surface area contributed by atoms with Gasteiger partial charge in [-0.05, 0) is 52.1 Å². The second kappa shape index (κ2) is 8.52. The standard InChI is InChI=1S/C10H22N4S2/c1-5-11-9(15)13(7-3)14(8-4)10(16)12-6-2/h5-8H2,1-4H3,(H,11,15)(H,12,16). The number of hydrogen-bond acceptors (Lipinski definition) is 2. The molecule has 0 aliphatic heterocycles. The maximum absolute atomic E-state index is 5.31. The first kappa shape index (κ1) is 15.4. The average molecular weight is 262 g/mol. The van der Waals surface area contributed by atoms with Gasteiger partial charge in [-0.3, -0.25) is 10.0 Å². The number of rotatable bonds is 4. The van der Waals surface area contributed by atoms with Crippen LogP contribution in [0.25, 0.3) is 0 Å². The normalized spacial score (nSPS) is 9.50. The van der Waals surface area contributed by atoms with Crippen LogP contribution in [0.3, 0.4) is 0 Å². The van der Waals surface area contributed by atoms with Crippen molar-refractivity contribution in [1.82, 2.24) is 20.7 Å². The molecule has 0 saturated carbocycles. The topological polar surface area (TPSA) is 30.5 Å². The fraction of sp³-hybridized carbons (Fsp3) is 0.800. The SMILES string of the molecule is CCNC(=S)N(CC)N(CC)C(=S)NCC. The highest BCUT2D eigenvalue weighted by molar-refractivity contribution is 7.80. The van der Waals surface area contributed by atoms with Crippen LogP contribution in [0.15, 0.2) is 0 Å². The second-order valence-corrected chi connectivity index (χ2v) is 3.88. The molecule has 0 aromatic rings. The van der Waals surface area contributed by atoms with Crippen molar-refractivity contribution in [2.24, 2.45) is 0 Å². The summed E-state index contributed by atoms with van der Waals surface area (Å²) in [5, 5.41) is 11.7. The Morgan fingerprint density at radius 3 is 1.31 bits per heavy atom. The Balaban J connectivity index is 4.61. The predicted octanol–water partition coefficient (Wildman–Crippen LogP) is 1.33. The van der Waals surface area contributed by atoms with Gasteiger partial charge in [0, 0.05) is 26.2 Å². The van der Waals surface area contributed by atoms with Gasteiger partial charge >= 0.3 is 0 Å². The maximum atomic E-state index is 5.31. The van der Waals surface area contributed by atoms with Crippen molar-refractivity contribution in [2.45, 2.75) is 27.7 Å². The van der Waals surface area contributed by atoms with E-state index in [0.29, 0.717) is 10.2 Å². The van der Waals surface area contributed by atoms with Crippen LogP contribution in [-0.4, -0.2) is 46.4 Å². The van der Waals surface area contributed by atoms with Crippen molar-refractivity contribution in [3.63, 3.8) is 0 Å². The van der Waals surface area contributed by atoms with Crippen molar-refractivity contribution in [3.05, 3.63) is 0 Å². The van der Waals surface area contributed by atoms with E-state index in [1.165, 1.54) is 0 Å².